The fraction of sp³-hybridized carbons (Fsp3) is 0.278. The molecule has 1 fully saturated rings. The highest BCUT2D eigenvalue weighted by Gasteiger charge is 2.46. The molecule has 0 N–H and O–H groups in total. The third-order valence-corrected chi connectivity index (χ3v) is 3.98. The predicted molar refractivity (Wildman–Crippen MR) is 78.1 cm³/mol. The van der Waals surface area contributed by atoms with E-state index < -0.39 is 0 Å². The van der Waals surface area contributed by atoms with Gasteiger partial charge in [-0.05, 0) is 17.5 Å². The first-order valence-electron chi connectivity index (χ1n) is 6.96. The first-order valence-corrected chi connectivity index (χ1v) is 6.96. The molecular formula is C18H18O2. The van der Waals surface area contributed by atoms with Crippen LogP contribution in [0.4, 0.5) is 0 Å². The fourth-order valence-corrected chi connectivity index (χ4v) is 3.05. The predicted octanol–water partition coefficient (Wildman–Crippen LogP) is 3.92. The Bertz CT molecular complexity index is 591. The molecule has 0 spiro atoms. The number of carbonyl (C=O) groups is 1. The van der Waals surface area contributed by atoms with E-state index in [2.05, 4.69) is 19.1 Å². The molecule has 1 heterocycles. The van der Waals surface area contributed by atoms with Crippen LogP contribution in [0.1, 0.15) is 30.6 Å². The zero-order chi connectivity index (χ0) is 14.0. The van der Waals surface area contributed by atoms with E-state index in [0.29, 0.717) is 6.42 Å². The second kappa shape index (κ2) is 5.12. The molecule has 3 rings (SSSR count). The summed E-state index contributed by atoms with van der Waals surface area (Å²) in [5.41, 5.74) is 2.14. The molecule has 0 amide bonds. The summed E-state index contributed by atoms with van der Waals surface area (Å²) in [5.74, 6) is -0.0997. The van der Waals surface area contributed by atoms with Crippen molar-refractivity contribution in [3.8, 4) is 0 Å². The zero-order valence-electron chi connectivity index (χ0n) is 11.6. The van der Waals surface area contributed by atoms with Crippen LogP contribution in [0.2, 0.25) is 0 Å². The molecule has 20 heavy (non-hydrogen) atoms. The minimum Gasteiger partial charge on any atom is -0.457 e. The van der Waals surface area contributed by atoms with E-state index in [1.165, 1.54) is 5.56 Å². The number of carbonyl (C=O) groups excluding carboxylic acids is 1. The SMILES string of the molecule is C[C@@]1(Cc2ccccc2)CC(=O)O[C@H]1c1ccccc1. The Hall–Kier alpha value is -2.09. The molecule has 0 bridgehead atoms. The number of hydrogen-bond donors (Lipinski definition) is 0. The number of rotatable bonds is 3. The van der Waals surface area contributed by atoms with E-state index in [9.17, 15) is 4.79 Å². The van der Waals surface area contributed by atoms with Gasteiger partial charge in [-0.15, -0.1) is 0 Å². The van der Waals surface area contributed by atoms with Crippen LogP contribution in [-0.4, -0.2) is 5.97 Å². The number of esters is 1. The van der Waals surface area contributed by atoms with Gasteiger partial charge in [-0.25, -0.2) is 0 Å². The second-order valence-corrected chi connectivity index (χ2v) is 5.77. The summed E-state index contributed by atoms with van der Waals surface area (Å²) in [5, 5.41) is 0. The molecule has 1 aliphatic rings. The molecule has 0 radical (unpaired) electrons. The Morgan fingerprint density at radius 1 is 1.05 bits per heavy atom. The van der Waals surface area contributed by atoms with E-state index in [-0.39, 0.29) is 17.5 Å². The molecular weight excluding hydrogens is 248 g/mol. The largest absolute Gasteiger partial charge is 0.457 e. The standard InChI is InChI=1S/C18H18O2/c1-18(12-14-8-4-2-5-9-14)13-16(19)20-17(18)15-10-6-3-7-11-15/h2-11,17H,12-13H2,1H3/t17-,18+/m0/s1. The van der Waals surface area contributed by atoms with Gasteiger partial charge in [-0.2, -0.15) is 0 Å². The lowest BCUT2D eigenvalue weighted by Gasteiger charge is -2.29. The molecule has 2 nitrogen and oxygen atoms in total. The van der Waals surface area contributed by atoms with Gasteiger partial charge in [0.15, 0.2) is 0 Å². The lowest BCUT2D eigenvalue weighted by atomic mass is 9.75. The molecule has 2 aromatic carbocycles. The number of ether oxygens (including phenoxy) is 1. The molecule has 0 aliphatic carbocycles. The summed E-state index contributed by atoms with van der Waals surface area (Å²) < 4.78 is 5.60. The summed E-state index contributed by atoms with van der Waals surface area (Å²) in [6.07, 6.45) is 1.16. The Kier molecular flexibility index (Phi) is 3.31. The van der Waals surface area contributed by atoms with Gasteiger partial charge >= 0.3 is 5.97 Å². The topological polar surface area (TPSA) is 26.3 Å². The number of cyclic esters (lactones) is 1. The van der Waals surface area contributed by atoms with Gasteiger partial charge in [0.2, 0.25) is 0 Å². The maximum absolute atomic E-state index is 11.8. The summed E-state index contributed by atoms with van der Waals surface area (Å²) in [6, 6.07) is 20.3. The Morgan fingerprint density at radius 3 is 2.30 bits per heavy atom. The molecule has 0 aromatic heterocycles. The van der Waals surface area contributed by atoms with E-state index in [0.717, 1.165) is 12.0 Å². The van der Waals surface area contributed by atoms with Crippen molar-refractivity contribution in [2.75, 3.05) is 0 Å². The average molecular weight is 266 g/mol. The minimum absolute atomic E-state index is 0.0997. The second-order valence-electron chi connectivity index (χ2n) is 5.77. The number of hydrogen-bond acceptors (Lipinski definition) is 2. The summed E-state index contributed by atoms with van der Waals surface area (Å²) in [4.78, 5) is 11.8. The van der Waals surface area contributed by atoms with E-state index in [4.69, 9.17) is 4.74 Å². The summed E-state index contributed by atoms with van der Waals surface area (Å²) in [7, 11) is 0. The van der Waals surface area contributed by atoms with Crippen LogP contribution in [0.25, 0.3) is 0 Å². The zero-order valence-corrected chi connectivity index (χ0v) is 11.6. The fourth-order valence-electron chi connectivity index (χ4n) is 3.05. The average Bonchev–Trinajstić information content (AvgIpc) is 2.75. The molecule has 2 atom stereocenters. The maximum Gasteiger partial charge on any atom is 0.307 e. The van der Waals surface area contributed by atoms with Crippen LogP contribution in [0.5, 0.6) is 0 Å². The lowest BCUT2D eigenvalue weighted by Crippen LogP contribution is -2.23. The highest BCUT2D eigenvalue weighted by Crippen LogP contribution is 2.47. The normalized spacial score (nSPS) is 25.4. The third kappa shape index (κ3) is 2.46. The van der Waals surface area contributed by atoms with Gasteiger partial charge in [0.05, 0.1) is 6.42 Å². The Balaban J connectivity index is 1.91. The van der Waals surface area contributed by atoms with Gasteiger partial charge in [0.1, 0.15) is 6.10 Å². The van der Waals surface area contributed by atoms with Crippen molar-refractivity contribution in [2.45, 2.75) is 25.9 Å². The van der Waals surface area contributed by atoms with Crippen LogP contribution in [0.15, 0.2) is 60.7 Å². The van der Waals surface area contributed by atoms with Crippen LogP contribution in [-0.2, 0) is 16.0 Å². The third-order valence-electron chi connectivity index (χ3n) is 3.98. The van der Waals surface area contributed by atoms with Crippen LogP contribution >= 0.6 is 0 Å². The van der Waals surface area contributed by atoms with Crippen molar-refractivity contribution in [1.82, 2.24) is 0 Å². The van der Waals surface area contributed by atoms with Crippen molar-refractivity contribution in [3.63, 3.8) is 0 Å². The van der Waals surface area contributed by atoms with Gasteiger partial charge in [-0.3, -0.25) is 4.79 Å². The lowest BCUT2D eigenvalue weighted by molar-refractivity contribution is -0.142. The van der Waals surface area contributed by atoms with Gasteiger partial charge < -0.3 is 4.74 Å². The van der Waals surface area contributed by atoms with Crippen molar-refractivity contribution < 1.29 is 9.53 Å². The van der Waals surface area contributed by atoms with Crippen LogP contribution in [0.3, 0.4) is 0 Å². The monoisotopic (exact) mass is 266 g/mol. The Labute approximate surface area is 119 Å². The van der Waals surface area contributed by atoms with Crippen molar-refractivity contribution in [1.29, 1.82) is 0 Å². The quantitative estimate of drug-likeness (QED) is 0.787. The highest BCUT2D eigenvalue weighted by atomic mass is 16.6. The molecule has 1 aliphatic heterocycles. The van der Waals surface area contributed by atoms with E-state index in [1.54, 1.807) is 0 Å². The molecule has 2 heteroatoms. The van der Waals surface area contributed by atoms with Gasteiger partial charge in [0.25, 0.3) is 0 Å². The van der Waals surface area contributed by atoms with Crippen molar-refractivity contribution in [3.05, 3.63) is 71.8 Å². The molecule has 0 unspecified atom stereocenters. The van der Waals surface area contributed by atoms with Gasteiger partial charge in [-0.1, -0.05) is 67.6 Å². The first-order chi connectivity index (χ1) is 9.67. The van der Waals surface area contributed by atoms with Gasteiger partial charge in [0, 0.05) is 5.41 Å². The molecule has 0 saturated carbocycles. The van der Waals surface area contributed by atoms with Crippen LogP contribution in [0, 0.1) is 5.41 Å². The smallest absolute Gasteiger partial charge is 0.307 e. The molecule has 2 aromatic rings. The minimum atomic E-state index is -0.181. The Morgan fingerprint density at radius 2 is 1.65 bits per heavy atom. The summed E-state index contributed by atoms with van der Waals surface area (Å²) >= 11 is 0. The van der Waals surface area contributed by atoms with Crippen molar-refractivity contribution >= 4 is 5.97 Å². The summed E-state index contributed by atoms with van der Waals surface area (Å²) in [6.45, 7) is 2.14. The molecule has 102 valence electrons. The van der Waals surface area contributed by atoms with Crippen molar-refractivity contribution in [2.24, 2.45) is 5.41 Å². The van der Waals surface area contributed by atoms with E-state index in [1.807, 2.05) is 48.5 Å². The maximum atomic E-state index is 11.8. The molecule has 1 saturated heterocycles. The van der Waals surface area contributed by atoms with Crippen LogP contribution < -0.4 is 0 Å². The number of benzene rings is 2. The highest BCUT2D eigenvalue weighted by molar-refractivity contribution is 5.73. The first kappa shape index (κ1) is 12.9. The van der Waals surface area contributed by atoms with E-state index >= 15 is 0 Å².